The number of nitrogens with zero attached hydrogens (tertiary/aromatic N) is 2. The number of rotatable bonds is 4. The molecule has 1 aromatic heterocycles. The Morgan fingerprint density at radius 2 is 2.21 bits per heavy atom. The third-order valence-electron chi connectivity index (χ3n) is 3.43. The molecule has 4 nitrogen and oxygen atoms in total. The minimum absolute atomic E-state index is 0.770. The molecular formula is C15H18N4. The summed E-state index contributed by atoms with van der Waals surface area (Å²) in [7, 11) is 0. The maximum atomic E-state index is 4.21. The van der Waals surface area contributed by atoms with Gasteiger partial charge in [0, 0.05) is 31.5 Å². The van der Waals surface area contributed by atoms with Crippen LogP contribution >= 0.6 is 0 Å². The van der Waals surface area contributed by atoms with Crippen LogP contribution in [0.5, 0.6) is 0 Å². The quantitative estimate of drug-likeness (QED) is 0.877. The molecule has 0 saturated heterocycles. The molecule has 3 rings (SSSR count). The van der Waals surface area contributed by atoms with Gasteiger partial charge in [-0.2, -0.15) is 0 Å². The number of aromatic nitrogens is 2. The zero-order valence-corrected chi connectivity index (χ0v) is 10.9. The van der Waals surface area contributed by atoms with Gasteiger partial charge in [0.25, 0.3) is 0 Å². The Balaban J connectivity index is 1.64. The molecule has 0 aliphatic carbocycles. The van der Waals surface area contributed by atoms with E-state index in [9.17, 15) is 0 Å². The molecule has 0 atom stereocenters. The van der Waals surface area contributed by atoms with Crippen LogP contribution in [-0.4, -0.2) is 16.5 Å². The number of hydrogen-bond donors (Lipinski definition) is 2. The zero-order chi connectivity index (χ0) is 12.9. The summed E-state index contributed by atoms with van der Waals surface area (Å²) in [5.74, 6) is 0. The van der Waals surface area contributed by atoms with Crippen LogP contribution in [-0.2, 0) is 19.5 Å². The first-order valence-electron chi connectivity index (χ1n) is 6.74. The molecule has 4 heteroatoms. The van der Waals surface area contributed by atoms with Crippen LogP contribution in [0.3, 0.4) is 0 Å². The van der Waals surface area contributed by atoms with Crippen LogP contribution in [0.25, 0.3) is 0 Å². The summed E-state index contributed by atoms with van der Waals surface area (Å²) in [5.41, 5.74) is 5.12. The summed E-state index contributed by atoms with van der Waals surface area (Å²) in [5, 5.41) is 6.95. The van der Waals surface area contributed by atoms with Crippen molar-refractivity contribution in [1.29, 1.82) is 0 Å². The van der Waals surface area contributed by atoms with Crippen LogP contribution < -0.4 is 10.6 Å². The molecule has 0 unspecified atom stereocenters. The molecule has 0 fully saturated rings. The predicted molar refractivity (Wildman–Crippen MR) is 75.8 cm³/mol. The number of nitrogens with one attached hydrogen (secondary N) is 2. The normalized spacial score (nSPS) is 13.7. The highest BCUT2D eigenvalue weighted by Crippen LogP contribution is 2.25. The molecule has 2 N–H and O–H groups in total. The van der Waals surface area contributed by atoms with E-state index in [0.717, 1.165) is 25.3 Å². The van der Waals surface area contributed by atoms with E-state index in [0.29, 0.717) is 0 Å². The fourth-order valence-corrected chi connectivity index (χ4v) is 2.48. The summed E-state index contributed by atoms with van der Waals surface area (Å²) in [6.45, 7) is 2.71. The predicted octanol–water partition coefficient (Wildman–Crippen LogP) is 2.12. The number of fused-ring (bicyclic) bond motifs is 1. The fourth-order valence-electron chi connectivity index (χ4n) is 2.48. The number of anilines is 1. The van der Waals surface area contributed by atoms with Gasteiger partial charge in [-0.1, -0.05) is 18.2 Å². The summed E-state index contributed by atoms with van der Waals surface area (Å²) < 4.78 is 0. The van der Waals surface area contributed by atoms with Crippen LogP contribution in [0, 0.1) is 0 Å². The second-order valence-electron chi connectivity index (χ2n) is 4.79. The average Bonchev–Trinajstić information content (AvgIpc) is 2.49. The van der Waals surface area contributed by atoms with Crippen LogP contribution in [0.15, 0.2) is 36.8 Å². The molecule has 2 aromatic rings. The van der Waals surface area contributed by atoms with E-state index < -0.39 is 0 Å². The third-order valence-corrected chi connectivity index (χ3v) is 3.43. The van der Waals surface area contributed by atoms with E-state index in [1.165, 1.54) is 29.7 Å². The number of benzene rings is 1. The number of hydrogen-bond acceptors (Lipinski definition) is 4. The Morgan fingerprint density at radius 1 is 1.21 bits per heavy atom. The van der Waals surface area contributed by atoms with Crippen LogP contribution in [0.2, 0.25) is 0 Å². The van der Waals surface area contributed by atoms with Gasteiger partial charge in [-0.25, -0.2) is 9.97 Å². The maximum absolute atomic E-state index is 4.21. The van der Waals surface area contributed by atoms with E-state index >= 15 is 0 Å². The molecule has 1 aliphatic heterocycles. The maximum Gasteiger partial charge on any atom is 0.115 e. The lowest BCUT2D eigenvalue weighted by Gasteiger charge is -2.21. The topological polar surface area (TPSA) is 49.8 Å². The Hall–Kier alpha value is -1.94. The van der Waals surface area contributed by atoms with Gasteiger partial charge in [-0.15, -0.1) is 0 Å². The molecular weight excluding hydrogens is 236 g/mol. The lowest BCUT2D eigenvalue weighted by atomic mass is 9.99. The monoisotopic (exact) mass is 254 g/mol. The lowest BCUT2D eigenvalue weighted by Crippen LogP contribution is -2.18. The summed E-state index contributed by atoms with van der Waals surface area (Å²) in [6.07, 6.45) is 5.77. The molecule has 0 amide bonds. The number of aryl methyl sites for hydroxylation is 1. The van der Waals surface area contributed by atoms with Crippen LogP contribution in [0.1, 0.15) is 23.2 Å². The van der Waals surface area contributed by atoms with Crippen molar-refractivity contribution in [2.75, 3.05) is 11.9 Å². The largest absolute Gasteiger partial charge is 0.385 e. The van der Waals surface area contributed by atoms with Crippen molar-refractivity contribution < 1.29 is 0 Å². The van der Waals surface area contributed by atoms with Gasteiger partial charge < -0.3 is 10.6 Å². The third kappa shape index (κ3) is 2.90. The van der Waals surface area contributed by atoms with E-state index in [1.54, 1.807) is 12.5 Å². The van der Waals surface area contributed by atoms with Gasteiger partial charge in [0.2, 0.25) is 0 Å². The lowest BCUT2D eigenvalue weighted by molar-refractivity contribution is 0.675. The van der Waals surface area contributed by atoms with Crippen molar-refractivity contribution in [1.82, 2.24) is 15.3 Å². The van der Waals surface area contributed by atoms with E-state index in [4.69, 9.17) is 0 Å². The van der Waals surface area contributed by atoms with Gasteiger partial charge in [0.05, 0.1) is 5.69 Å². The van der Waals surface area contributed by atoms with Crippen molar-refractivity contribution >= 4 is 5.69 Å². The Kier molecular flexibility index (Phi) is 3.70. The summed E-state index contributed by atoms with van der Waals surface area (Å²) in [6, 6.07) is 8.48. The molecule has 0 spiro atoms. The highest BCUT2D eigenvalue weighted by atomic mass is 14.9. The van der Waals surface area contributed by atoms with Crippen LogP contribution in [0.4, 0.5) is 5.69 Å². The van der Waals surface area contributed by atoms with E-state index in [1.807, 2.05) is 6.07 Å². The summed E-state index contributed by atoms with van der Waals surface area (Å²) >= 11 is 0. The van der Waals surface area contributed by atoms with E-state index in [2.05, 4.69) is 38.8 Å². The second kappa shape index (κ2) is 5.80. The van der Waals surface area contributed by atoms with Crippen molar-refractivity contribution in [3.05, 3.63) is 53.6 Å². The van der Waals surface area contributed by atoms with Gasteiger partial charge in [0.1, 0.15) is 6.33 Å². The first-order valence-corrected chi connectivity index (χ1v) is 6.74. The van der Waals surface area contributed by atoms with Crippen molar-refractivity contribution in [2.24, 2.45) is 0 Å². The smallest absolute Gasteiger partial charge is 0.115 e. The molecule has 2 heterocycles. The SMILES string of the molecule is c1cc2c(c(CNCc3ccncn3)c1)NCCC2. The molecule has 1 aromatic carbocycles. The first kappa shape index (κ1) is 12.1. The molecule has 98 valence electrons. The van der Waals surface area contributed by atoms with Gasteiger partial charge in [0.15, 0.2) is 0 Å². The first-order chi connectivity index (χ1) is 9.43. The Morgan fingerprint density at radius 3 is 3.11 bits per heavy atom. The second-order valence-corrected chi connectivity index (χ2v) is 4.79. The van der Waals surface area contributed by atoms with Gasteiger partial charge in [-0.05, 0) is 30.0 Å². The van der Waals surface area contributed by atoms with Crippen molar-refractivity contribution in [2.45, 2.75) is 25.9 Å². The Labute approximate surface area is 113 Å². The van der Waals surface area contributed by atoms with Gasteiger partial charge >= 0.3 is 0 Å². The molecule has 0 saturated carbocycles. The summed E-state index contributed by atoms with van der Waals surface area (Å²) in [4.78, 5) is 8.13. The van der Waals surface area contributed by atoms with Crippen molar-refractivity contribution in [3.63, 3.8) is 0 Å². The molecule has 19 heavy (non-hydrogen) atoms. The van der Waals surface area contributed by atoms with Crippen molar-refractivity contribution in [3.8, 4) is 0 Å². The fraction of sp³-hybridized carbons (Fsp3) is 0.333. The van der Waals surface area contributed by atoms with Gasteiger partial charge in [-0.3, -0.25) is 0 Å². The minimum atomic E-state index is 0.770. The number of para-hydroxylation sites is 1. The Bertz CT molecular complexity index is 539. The highest BCUT2D eigenvalue weighted by Gasteiger charge is 2.11. The molecule has 0 bridgehead atoms. The molecule has 0 radical (unpaired) electrons. The average molecular weight is 254 g/mol. The zero-order valence-electron chi connectivity index (χ0n) is 10.9. The van der Waals surface area contributed by atoms with E-state index in [-0.39, 0.29) is 0 Å². The highest BCUT2D eigenvalue weighted by molar-refractivity contribution is 5.59. The minimum Gasteiger partial charge on any atom is -0.385 e. The standard InChI is InChI=1S/C15H18N4/c1-3-12-5-2-7-18-15(12)13(4-1)9-17-10-14-6-8-16-11-19-14/h1,3-4,6,8,11,17-18H,2,5,7,9-10H2. The molecule has 1 aliphatic rings.